The normalized spacial score (nSPS) is 11.3. The monoisotopic (exact) mass is 250 g/mol. The summed E-state index contributed by atoms with van der Waals surface area (Å²) in [6.07, 6.45) is -0.0272. The molecule has 0 aliphatic heterocycles. The van der Waals surface area contributed by atoms with E-state index in [0.29, 0.717) is 0 Å². The minimum Gasteiger partial charge on any atom is -0.480 e. The van der Waals surface area contributed by atoms with Crippen LogP contribution < -0.4 is 5.32 Å². The largest absolute Gasteiger partial charge is 0.480 e. The maximum atomic E-state index is 13.3. The van der Waals surface area contributed by atoms with Gasteiger partial charge in [0.05, 0.1) is 11.6 Å². The summed E-state index contributed by atoms with van der Waals surface area (Å²) in [4.78, 5) is 22.5. The molecule has 0 spiro atoms. The van der Waals surface area contributed by atoms with Gasteiger partial charge < -0.3 is 10.4 Å². The molecule has 0 aliphatic rings. The van der Waals surface area contributed by atoms with Gasteiger partial charge in [-0.1, -0.05) is 12.1 Å². The predicted octanol–water partition coefficient (Wildman–Crippen LogP) is 1.31. The van der Waals surface area contributed by atoms with Crippen LogP contribution in [0.5, 0.6) is 0 Å². The number of carboxylic acid groups (broad SMARTS) is 1. The Balaban J connectivity index is 2.76. The summed E-state index contributed by atoms with van der Waals surface area (Å²) in [5, 5.41) is 19.4. The number of aliphatic carboxylic acids is 1. The number of nitriles is 1. The van der Waals surface area contributed by atoms with Crippen molar-refractivity contribution >= 4 is 11.9 Å². The van der Waals surface area contributed by atoms with E-state index >= 15 is 0 Å². The van der Waals surface area contributed by atoms with Crippen LogP contribution in [0.3, 0.4) is 0 Å². The first-order valence-corrected chi connectivity index (χ1v) is 5.21. The van der Waals surface area contributed by atoms with E-state index in [4.69, 9.17) is 10.4 Å². The molecule has 0 saturated heterocycles. The van der Waals surface area contributed by atoms with Crippen LogP contribution in [0, 0.1) is 17.1 Å². The highest BCUT2D eigenvalue weighted by atomic mass is 19.1. The predicted molar refractivity (Wildman–Crippen MR) is 60.1 cm³/mol. The van der Waals surface area contributed by atoms with Crippen LogP contribution in [0.4, 0.5) is 4.39 Å². The third-order valence-corrected chi connectivity index (χ3v) is 2.27. The number of carboxylic acids is 1. The zero-order chi connectivity index (χ0) is 13.5. The molecule has 5 nitrogen and oxygen atoms in total. The molecule has 0 aromatic heterocycles. The van der Waals surface area contributed by atoms with Crippen LogP contribution in [-0.4, -0.2) is 23.0 Å². The molecule has 6 heteroatoms. The highest BCUT2D eigenvalue weighted by Gasteiger charge is 2.21. The summed E-state index contributed by atoms with van der Waals surface area (Å²) in [5.41, 5.74) is -0.222. The summed E-state index contributed by atoms with van der Waals surface area (Å²) in [7, 11) is 0. The Morgan fingerprint density at radius 2 is 2.11 bits per heavy atom. The molecular weight excluding hydrogens is 239 g/mol. The molecule has 94 valence electrons. The maximum Gasteiger partial charge on any atom is 0.326 e. The lowest BCUT2D eigenvalue weighted by atomic mass is 10.1. The fraction of sp³-hybridized carbons (Fsp3) is 0.250. The van der Waals surface area contributed by atoms with Crippen LogP contribution in [0.15, 0.2) is 24.3 Å². The van der Waals surface area contributed by atoms with Gasteiger partial charge in [0, 0.05) is 6.42 Å². The van der Waals surface area contributed by atoms with Gasteiger partial charge in [0.2, 0.25) is 0 Å². The molecule has 1 atom stereocenters. The van der Waals surface area contributed by atoms with E-state index in [1.165, 1.54) is 18.2 Å². The molecule has 18 heavy (non-hydrogen) atoms. The van der Waals surface area contributed by atoms with Crippen molar-refractivity contribution in [3.8, 4) is 6.07 Å². The molecule has 1 aromatic rings. The van der Waals surface area contributed by atoms with Crippen LogP contribution in [0.1, 0.15) is 23.2 Å². The molecule has 1 aromatic carbocycles. The first-order chi connectivity index (χ1) is 8.56. The zero-order valence-corrected chi connectivity index (χ0v) is 9.39. The average Bonchev–Trinajstić information content (AvgIpc) is 2.34. The Bertz CT molecular complexity index is 496. The topological polar surface area (TPSA) is 90.2 Å². The molecule has 0 fully saturated rings. The second kappa shape index (κ2) is 6.35. The maximum absolute atomic E-state index is 13.3. The van der Waals surface area contributed by atoms with E-state index in [0.717, 1.165) is 6.07 Å². The van der Waals surface area contributed by atoms with E-state index < -0.39 is 23.7 Å². The zero-order valence-electron chi connectivity index (χ0n) is 9.39. The number of amides is 1. The van der Waals surface area contributed by atoms with Crippen molar-refractivity contribution in [3.63, 3.8) is 0 Å². The van der Waals surface area contributed by atoms with Gasteiger partial charge in [0.1, 0.15) is 11.9 Å². The number of rotatable bonds is 5. The van der Waals surface area contributed by atoms with Gasteiger partial charge >= 0.3 is 5.97 Å². The quantitative estimate of drug-likeness (QED) is 0.824. The number of benzene rings is 1. The molecule has 0 saturated carbocycles. The number of nitrogens with zero attached hydrogens (tertiary/aromatic N) is 1. The summed E-state index contributed by atoms with van der Waals surface area (Å²) < 4.78 is 13.3. The lowest BCUT2D eigenvalue weighted by molar-refractivity contribution is -0.139. The SMILES string of the molecule is N#CCC[C@H](NC(=O)c1ccccc1F)C(=O)O. The van der Waals surface area contributed by atoms with E-state index in [2.05, 4.69) is 5.32 Å². The van der Waals surface area contributed by atoms with Gasteiger partial charge in [-0.15, -0.1) is 0 Å². The van der Waals surface area contributed by atoms with Gasteiger partial charge in [-0.3, -0.25) is 4.79 Å². The van der Waals surface area contributed by atoms with E-state index in [1.807, 2.05) is 0 Å². The van der Waals surface area contributed by atoms with Crippen molar-refractivity contribution in [3.05, 3.63) is 35.6 Å². The summed E-state index contributed by atoms with van der Waals surface area (Å²) >= 11 is 0. The molecule has 0 aliphatic carbocycles. The van der Waals surface area contributed by atoms with E-state index in [1.54, 1.807) is 6.07 Å². The third kappa shape index (κ3) is 3.56. The minimum absolute atomic E-state index is 0.00544. The van der Waals surface area contributed by atoms with Crippen molar-refractivity contribution < 1.29 is 19.1 Å². The van der Waals surface area contributed by atoms with Crippen molar-refractivity contribution in [2.45, 2.75) is 18.9 Å². The van der Waals surface area contributed by atoms with Gasteiger partial charge in [0.25, 0.3) is 5.91 Å². The summed E-state index contributed by atoms with van der Waals surface area (Å²) in [6.45, 7) is 0. The minimum atomic E-state index is -1.25. The molecule has 0 bridgehead atoms. The first-order valence-electron chi connectivity index (χ1n) is 5.21. The van der Waals surface area contributed by atoms with Crippen molar-refractivity contribution in [2.24, 2.45) is 0 Å². The van der Waals surface area contributed by atoms with Gasteiger partial charge in [-0.25, -0.2) is 9.18 Å². The Kier molecular flexibility index (Phi) is 4.81. The Labute approximate surface area is 103 Å². The van der Waals surface area contributed by atoms with Gasteiger partial charge in [-0.2, -0.15) is 5.26 Å². The van der Waals surface area contributed by atoms with E-state index in [-0.39, 0.29) is 18.4 Å². The van der Waals surface area contributed by atoms with Crippen LogP contribution in [0.2, 0.25) is 0 Å². The third-order valence-electron chi connectivity index (χ3n) is 2.27. The Hall–Kier alpha value is -2.42. The molecule has 2 N–H and O–H groups in total. The number of hydrogen-bond acceptors (Lipinski definition) is 3. The summed E-state index contributed by atoms with van der Waals surface area (Å²) in [6, 6.07) is 5.86. The number of halogens is 1. The molecule has 0 unspecified atom stereocenters. The lowest BCUT2D eigenvalue weighted by Crippen LogP contribution is -2.41. The molecular formula is C12H11FN2O3. The average molecular weight is 250 g/mol. The smallest absolute Gasteiger partial charge is 0.326 e. The lowest BCUT2D eigenvalue weighted by Gasteiger charge is -2.13. The number of carbonyl (C=O) groups excluding carboxylic acids is 1. The second-order valence-electron chi connectivity index (χ2n) is 3.54. The Morgan fingerprint density at radius 1 is 1.44 bits per heavy atom. The van der Waals surface area contributed by atoms with E-state index in [9.17, 15) is 14.0 Å². The van der Waals surface area contributed by atoms with Gasteiger partial charge in [0.15, 0.2) is 0 Å². The van der Waals surface area contributed by atoms with Crippen LogP contribution >= 0.6 is 0 Å². The second-order valence-corrected chi connectivity index (χ2v) is 3.54. The molecule has 0 heterocycles. The highest BCUT2D eigenvalue weighted by Crippen LogP contribution is 2.07. The summed E-state index contributed by atoms with van der Waals surface area (Å²) in [5.74, 6) is -2.78. The van der Waals surface area contributed by atoms with Crippen molar-refractivity contribution in [1.82, 2.24) is 5.32 Å². The number of carbonyl (C=O) groups is 2. The number of nitrogens with one attached hydrogen (secondary N) is 1. The molecule has 1 amide bonds. The highest BCUT2D eigenvalue weighted by molar-refractivity contribution is 5.96. The standard InChI is InChI=1S/C12H11FN2O3/c13-9-5-2-1-4-8(9)11(16)15-10(12(17)18)6-3-7-14/h1-2,4-5,10H,3,6H2,(H,15,16)(H,17,18)/t10-/m0/s1. The van der Waals surface area contributed by atoms with Crippen molar-refractivity contribution in [2.75, 3.05) is 0 Å². The van der Waals surface area contributed by atoms with Gasteiger partial charge in [-0.05, 0) is 18.6 Å². The van der Waals surface area contributed by atoms with Crippen LogP contribution in [-0.2, 0) is 4.79 Å². The molecule has 0 radical (unpaired) electrons. The first kappa shape index (κ1) is 13.6. The number of hydrogen-bond donors (Lipinski definition) is 2. The fourth-order valence-corrected chi connectivity index (χ4v) is 1.35. The fourth-order valence-electron chi connectivity index (χ4n) is 1.35. The Morgan fingerprint density at radius 3 is 2.67 bits per heavy atom. The van der Waals surface area contributed by atoms with Crippen LogP contribution in [0.25, 0.3) is 0 Å². The van der Waals surface area contributed by atoms with Crippen molar-refractivity contribution in [1.29, 1.82) is 5.26 Å². The molecule has 1 rings (SSSR count).